The van der Waals surface area contributed by atoms with Crippen molar-refractivity contribution in [1.29, 1.82) is 0 Å². The van der Waals surface area contributed by atoms with E-state index in [0.29, 0.717) is 6.67 Å². The van der Waals surface area contributed by atoms with Crippen LogP contribution in [-0.2, 0) is 20.1 Å². The number of hydrogen-bond donors (Lipinski definition) is 2. The monoisotopic (exact) mass is 310 g/mol. The molecule has 0 aliphatic rings. The summed E-state index contributed by atoms with van der Waals surface area (Å²) in [5.74, 6) is 0. The van der Waals surface area contributed by atoms with Gasteiger partial charge in [-0.1, -0.05) is 24.3 Å². The number of para-hydroxylation sites is 4. The van der Waals surface area contributed by atoms with E-state index in [4.69, 9.17) is 0 Å². The average molecular weight is 310 g/mol. The Morgan fingerprint density at radius 2 is 1.13 bits per heavy atom. The fourth-order valence-corrected chi connectivity index (χ4v) is 3.10. The number of imidazole rings is 2. The fourth-order valence-electron chi connectivity index (χ4n) is 3.10. The zero-order valence-electron chi connectivity index (χ0n) is 12.6. The van der Waals surface area contributed by atoms with E-state index in [1.807, 2.05) is 61.2 Å². The van der Waals surface area contributed by atoms with Gasteiger partial charge in [-0.3, -0.25) is 0 Å². The summed E-state index contributed by atoms with van der Waals surface area (Å²) in [4.78, 5) is 0. The van der Waals surface area contributed by atoms with Crippen LogP contribution in [0.5, 0.6) is 0 Å². The molecule has 0 amide bonds. The lowest BCUT2D eigenvalue weighted by Crippen LogP contribution is -2.50. The van der Waals surface area contributed by atoms with Crippen molar-refractivity contribution >= 4 is 22.1 Å². The van der Waals surface area contributed by atoms with Crippen molar-refractivity contribution in [2.45, 2.75) is 20.1 Å². The number of rotatable bonds is 4. The highest BCUT2D eigenvalue weighted by molar-refractivity contribution is 5.72. The number of hydrogen-bond acceptors (Lipinski definition) is 2. The molecule has 116 valence electrons. The molecule has 0 fully saturated rings. The summed E-state index contributed by atoms with van der Waals surface area (Å²) in [5.41, 5.74) is 4.08. The summed E-state index contributed by atoms with van der Waals surface area (Å²) >= 11 is 0. The van der Waals surface area contributed by atoms with E-state index in [9.17, 15) is 10.2 Å². The summed E-state index contributed by atoms with van der Waals surface area (Å²) in [6.07, 6.45) is 3.81. The molecule has 0 aliphatic heterocycles. The standard InChI is InChI=1S/C17H18N4O2/c22-12-20-10-18(14-5-1-3-7-16(14)20)9-19-11-21(13-23)17-8-4-2-6-15(17)19/h1-8,10-11,22-23H,9,12-13H2/q+2. The highest BCUT2D eigenvalue weighted by Crippen LogP contribution is 2.12. The van der Waals surface area contributed by atoms with Crippen LogP contribution in [0.2, 0.25) is 0 Å². The van der Waals surface area contributed by atoms with Crippen LogP contribution in [0.25, 0.3) is 22.1 Å². The largest absolute Gasteiger partial charge is 0.357 e. The van der Waals surface area contributed by atoms with Gasteiger partial charge in [0.2, 0.25) is 19.3 Å². The van der Waals surface area contributed by atoms with Gasteiger partial charge in [-0.25, -0.2) is 9.13 Å². The number of aromatic nitrogens is 4. The maximum Gasteiger partial charge on any atom is 0.249 e. The Hall–Kier alpha value is -2.70. The van der Waals surface area contributed by atoms with Crippen molar-refractivity contribution in [2.75, 3.05) is 0 Å². The Balaban J connectivity index is 1.86. The normalized spacial score (nSPS) is 11.6. The quantitative estimate of drug-likeness (QED) is 0.542. The molecule has 0 saturated heterocycles. The molecule has 0 bridgehead atoms. The third-order valence-electron chi connectivity index (χ3n) is 4.17. The number of nitrogens with zero attached hydrogens (tertiary/aromatic N) is 4. The number of aliphatic hydroxyl groups is 2. The Kier molecular flexibility index (Phi) is 3.33. The van der Waals surface area contributed by atoms with Gasteiger partial charge in [0.1, 0.15) is 0 Å². The molecule has 0 saturated carbocycles. The van der Waals surface area contributed by atoms with Gasteiger partial charge in [0.15, 0.2) is 35.5 Å². The lowest BCUT2D eigenvalue weighted by molar-refractivity contribution is -0.891. The first-order valence-electron chi connectivity index (χ1n) is 7.48. The average Bonchev–Trinajstić information content (AvgIpc) is 3.14. The van der Waals surface area contributed by atoms with Crippen LogP contribution in [0.4, 0.5) is 0 Å². The van der Waals surface area contributed by atoms with Crippen molar-refractivity contribution in [3.63, 3.8) is 0 Å². The molecule has 2 N–H and O–H groups in total. The molecule has 6 nitrogen and oxygen atoms in total. The molecule has 0 unspecified atom stereocenters. The van der Waals surface area contributed by atoms with Gasteiger partial charge in [-0.2, -0.15) is 9.13 Å². The van der Waals surface area contributed by atoms with Gasteiger partial charge >= 0.3 is 0 Å². The lowest BCUT2D eigenvalue weighted by Gasteiger charge is -1.95. The molecular formula is C17H18N4O2+2. The highest BCUT2D eigenvalue weighted by atomic mass is 16.3. The predicted molar refractivity (Wildman–Crippen MR) is 84.1 cm³/mol. The second-order valence-corrected chi connectivity index (χ2v) is 5.51. The van der Waals surface area contributed by atoms with Crippen LogP contribution in [0.15, 0.2) is 61.2 Å². The van der Waals surface area contributed by atoms with E-state index in [1.165, 1.54) is 0 Å². The van der Waals surface area contributed by atoms with Crippen LogP contribution in [0.1, 0.15) is 0 Å². The summed E-state index contributed by atoms with van der Waals surface area (Å²) in [6.45, 7) is 0.480. The minimum atomic E-state index is -0.0589. The molecule has 2 heterocycles. The van der Waals surface area contributed by atoms with E-state index in [0.717, 1.165) is 22.1 Å². The van der Waals surface area contributed by atoms with Crippen LogP contribution in [-0.4, -0.2) is 19.3 Å². The fraction of sp³-hybridized carbons (Fsp3) is 0.176. The van der Waals surface area contributed by atoms with Crippen LogP contribution in [0, 0.1) is 0 Å². The smallest absolute Gasteiger partial charge is 0.249 e. The van der Waals surface area contributed by atoms with Crippen LogP contribution >= 0.6 is 0 Å². The molecule has 0 atom stereocenters. The molecule has 0 spiro atoms. The molecule has 4 aromatic rings. The molecular weight excluding hydrogens is 292 g/mol. The predicted octanol–water partition coefficient (Wildman–Crippen LogP) is 0.576. The van der Waals surface area contributed by atoms with Gasteiger partial charge < -0.3 is 10.2 Å². The third kappa shape index (κ3) is 2.19. The zero-order chi connectivity index (χ0) is 15.8. The van der Waals surface area contributed by atoms with Crippen LogP contribution in [0.3, 0.4) is 0 Å². The molecule has 0 radical (unpaired) electrons. The summed E-state index contributed by atoms with van der Waals surface area (Å²) in [5, 5.41) is 19.1. The van der Waals surface area contributed by atoms with Crippen molar-refractivity contribution in [1.82, 2.24) is 9.13 Å². The minimum Gasteiger partial charge on any atom is -0.357 e. The molecule has 23 heavy (non-hydrogen) atoms. The second kappa shape index (κ2) is 5.49. The molecule has 6 heteroatoms. The first-order chi connectivity index (χ1) is 11.3. The van der Waals surface area contributed by atoms with Gasteiger partial charge in [0.05, 0.1) is 0 Å². The number of benzene rings is 2. The van der Waals surface area contributed by atoms with E-state index >= 15 is 0 Å². The van der Waals surface area contributed by atoms with Gasteiger partial charge in [-0.05, 0) is 24.3 Å². The van der Waals surface area contributed by atoms with Gasteiger partial charge in [-0.15, -0.1) is 0 Å². The molecule has 2 aromatic carbocycles. The van der Waals surface area contributed by atoms with Gasteiger partial charge in [0.25, 0.3) is 0 Å². The maximum absolute atomic E-state index is 9.53. The van der Waals surface area contributed by atoms with E-state index in [-0.39, 0.29) is 13.5 Å². The molecule has 2 aromatic heterocycles. The SMILES string of the molecule is OCn1c[n+](C[n+]2cn(CO)c3ccccc32)c2ccccc21. The van der Waals surface area contributed by atoms with E-state index in [1.54, 1.807) is 9.13 Å². The molecule has 4 rings (SSSR count). The van der Waals surface area contributed by atoms with Gasteiger partial charge in [0, 0.05) is 0 Å². The maximum atomic E-state index is 9.53. The third-order valence-corrected chi connectivity index (χ3v) is 4.17. The van der Waals surface area contributed by atoms with E-state index < -0.39 is 0 Å². The summed E-state index contributed by atoms with van der Waals surface area (Å²) in [7, 11) is 0. The zero-order valence-corrected chi connectivity index (χ0v) is 12.6. The highest BCUT2D eigenvalue weighted by Gasteiger charge is 2.20. The first kappa shape index (κ1) is 13.9. The first-order valence-corrected chi connectivity index (χ1v) is 7.48. The second-order valence-electron chi connectivity index (χ2n) is 5.51. The van der Waals surface area contributed by atoms with Crippen molar-refractivity contribution in [2.24, 2.45) is 0 Å². The Labute approximate surface area is 132 Å². The van der Waals surface area contributed by atoms with Crippen molar-refractivity contribution in [3.8, 4) is 0 Å². The van der Waals surface area contributed by atoms with Crippen LogP contribution < -0.4 is 9.13 Å². The topological polar surface area (TPSA) is 58.1 Å². The summed E-state index contributed by atoms with van der Waals surface area (Å²) in [6, 6.07) is 16.0. The Morgan fingerprint density at radius 3 is 1.57 bits per heavy atom. The van der Waals surface area contributed by atoms with Crippen molar-refractivity contribution < 1.29 is 19.3 Å². The lowest BCUT2D eigenvalue weighted by atomic mass is 10.3. The number of fused-ring (bicyclic) bond motifs is 2. The Bertz CT molecular complexity index is 907. The minimum absolute atomic E-state index is 0.0589. The summed E-state index contributed by atoms with van der Waals surface area (Å²) < 4.78 is 7.78. The van der Waals surface area contributed by atoms with Crippen molar-refractivity contribution in [3.05, 3.63) is 61.2 Å². The Morgan fingerprint density at radius 1 is 0.696 bits per heavy atom. The van der Waals surface area contributed by atoms with E-state index in [2.05, 4.69) is 9.13 Å². The number of aliphatic hydroxyl groups excluding tert-OH is 2. The molecule has 0 aliphatic carbocycles.